The molecule has 1 aromatic heterocycles. The number of piperidine rings is 1. The number of nitrogens with one attached hydrogen (secondary N) is 1. The molecule has 168 valence electrons. The van der Waals surface area contributed by atoms with Crippen molar-refractivity contribution >= 4 is 18.0 Å². The van der Waals surface area contributed by atoms with Crippen LogP contribution in [0.15, 0.2) is 30.1 Å². The quantitative estimate of drug-likeness (QED) is 0.650. The molecular weight excluding hydrogens is 378 g/mol. The fraction of sp³-hybridized carbons (Fsp3) is 0.625. The van der Waals surface area contributed by atoms with Crippen molar-refractivity contribution < 1.29 is 14.7 Å². The number of nitrogens with zero attached hydrogens (tertiary/aromatic N) is 2. The number of rotatable bonds is 7. The minimum absolute atomic E-state index is 0.107. The first-order chi connectivity index (χ1) is 14.6. The highest BCUT2D eigenvalue weighted by Crippen LogP contribution is 2.41. The summed E-state index contributed by atoms with van der Waals surface area (Å²) >= 11 is 0. The first-order valence-electron chi connectivity index (χ1n) is 11.2. The van der Waals surface area contributed by atoms with Crippen molar-refractivity contribution in [3.8, 4) is 0 Å². The molecule has 0 spiro atoms. The normalized spacial score (nSPS) is 21.2. The molecule has 1 aliphatic carbocycles. The Morgan fingerprint density at radius 1 is 1.33 bits per heavy atom. The molecule has 2 aliphatic rings. The first kappa shape index (κ1) is 25.8. The summed E-state index contributed by atoms with van der Waals surface area (Å²) in [4.78, 5) is 29.7. The van der Waals surface area contributed by atoms with Gasteiger partial charge in [0.15, 0.2) is 0 Å². The summed E-state index contributed by atoms with van der Waals surface area (Å²) in [6, 6.07) is 3.74. The average Bonchev–Trinajstić information content (AvgIpc) is 3.52. The standard InChI is InChI=1S/C21H29N3O2.C2H6.CH4O/c1-15(2)10-18-11-19(18)13-23-21(26)17-5-6-20(22-12-17)24-8-3-4-16(14-24)7-9-25;2*1-2/h5-6,9,12-13,15-16,18H,3-4,7-8,10-11,14H2,1-2H3,(H,23,26);1-2H3;2H,1H3/b19-13+;;. The minimum Gasteiger partial charge on any atom is -0.400 e. The third kappa shape index (κ3) is 8.27. The zero-order valence-corrected chi connectivity index (χ0v) is 19.2. The van der Waals surface area contributed by atoms with Gasteiger partial charge < -0.3 is 20.1 Å². The van der Waals surface area contributed by atoms with Crippen molar-refractivity contribution in [2.75, 3.05) is 25.1 Å². The monoisotopic (exact) mass is 417 g/mol. The van der Waals surface area contributed by atoms with Gasteiger partial charge in [0.1, 0.15) is 12.1 Å². The van der Waals surface area contributed by atoms with Crippen molar-refractivity contribution in [2.45, 2.75) is 59.8 Å². The van der Waals surface area contributed by atoms with Gasteiger partial charge in [-0.25, -0.2) is 4.98 Å². The van der Waals surface area contributed by atoms with Crippen LogP contribution >= 0.6 is 0 Å². The molecule has 1 amide bonds. The van der Waals surface area contributed by atoms with E-state index in [1.807, 2.05) is 32.2 Å². The lowest BCUT2D eigenvalue weighted by Gasteiger charge is -2.32. The van der Waals surface area contributed by atoms with Crippen LogP contribution in [0.25, 0.3) is 0 Å². The van der Waals surface area contributed by atoms with E-state index < -0.39 is 0 Å². The van der Waals surface area contributed by atoms with Crippen LogP contribution < -0.4 is 10.2 Å². The van der Waals surface area contributed by atoms with Crippen molar-refractivity contribution in [3.63, 3.8) is 0 Å². The van der Waals surface area contributed by atoms with Crippen LogP contribution in [-0.4, -0.2) is 42.5 Å². The second-order valence-corrected chi connectivity index (χ2v) is 7.99. The maximum atomic E-state index is 12.3. The average molecular weight is 418 g/mol. The Hall–Kier alpha value is -2.21. The number of aliphatic hydroxyl groups excluding tert-OH is 1. The number of aldehydes is 1. The van der Waals surface area contributed by atoms with Crippen molar-refractivity contribution in [1.29, 1.82) is 0 Å². The molecule has 2 N–H and O–H groups in total. The van der Waals surface area contributed by atoms with Gasteiger partial charge in [-0.2, -0.15) is 0 Å². The summed E-state index contributed by atoms with van der Waals surface area (Å²) in [6.07, 6.45) is 9.61. The van der Waals surface area contributed by atoms with Crippen LogP contribution in [0, 0.1) is 17.8 Å². The topological polar surface area (TPSA) is 82.5 Å². The molecule has 30 heavy (non-hydrogen) atoms. The predicted molar refractivity (Wildman–Crippen MR) is 122 cm³/mol. The molecular formula is C24H39N3O3. The second kappa shape index (κ2) is 13.9. The third-order valence-electron chi connectivity index (χ3n) is 5.27. The Bertz CT molecular complexity index is 671. The van der Waals surface area contributed by atoms with Gasteiger partial charge >= 0.3 is 0 Å². The Morgan fingerprint density at radius 3 is 2.67 bits per heavy atom. The molecule has 2 unspecified atom stereocenters. The predicted octanol–water partition coefficient (Wildman–Crippen LogP) is 4.20. The number of aliphatic hydroxyl groups is 1. The smallest absolute Gasteiger partial charge is 0.256 e. The molecule has 2 heterocycles. The van der Waals surface area contributed by atoms with Crippen LogP contribution in [0.2, 0.25) is 0 Å². The van der Waals surface area contributed by atoms with E-state index in [0.717, 1.165) is 51.6 Å². The van der Waals surface area contributed by atoms with E-state index in [1.165, 1.54) is 12.0 Å². The highest BCUT2D eigenvalue weighted by molar-refractivity contribution is 5.94. The van der Waals surface area contributed by atoms with E-state index in [2.05, 4.69) is 29.0 Å². The fourth-order valence-electron chi connectivity index (χ4n) is 3.76. The Morgan fingerprint density at radius 2 is 2.07 bits per heavy atom. The lowest BCUT2D eigenvalue weighted by Crippen LogP contribution is -2.36. The fourth-order valence-corrected chi connectivity index (χ4v) is 3.76. The lowest BCUT2D eigenvalue weighted by atomic mass is 9.95. The number of aromatic nitrogens is 1. The summed E-state index contributed by atoms with van der Waals surface area (Å²) in [5.41, 5.74) is 1.92. The lowest BCUT2D eigenvalue weighted by molar-refractivity contribution is -0.108. The number of amides is 1. The van der Waals surface area contributed by atoms with Crippen molar-refractivity contribution in [1.82, 2.24) is 10.3 Å². The van der Waals surface area contributed by atoms with Crippen LogP contribution in [0.4, 0.5) is 5.82 Å². The summed E-state index contributed by atoms with van der Waals surface area (Å²) in [6.45, 7) is 10.3. The molecule has 2 fully saturated rings. The van der Waals surface area contributed by atoms with E-state index in [9.17, 15) is 9.59 Å². The third-order valence-corrected chi connectivity index (χ3v) is 5.27. The van der Waals surface area contributed by atoms with Gasteiger partial charge in [0.25, 0.3) is 5.91 Å². The summed E-state index contributed by atoms with van der Waals surface area (Å²) in [5, 5.41) is 9.89. The Kier molecular flexibility index (Phi) is 12.0. The molecule has 0 radical (unpaired) electrons. The molecule has 1 saturated heterocycles. The number of allylic oxidation sites excluding steroid dienone is 1. The van der Waals surface area contributed by atoms with E-state index in [1.54, 1.807) is 6.20 Å². The number of hydrogen-bond acceptors (Lipinski definition) is 5. The van der Waals surface area contributed by atoms with Gasteiger partial charge in [-0.1, -0.05) is 33.3 Å². The van der Waals surface area contributed by atoms with E-state index in [-0.39, 0.29) is 5.91 Å². The zero-order chi connectivity index (χ0) is 22.5. The summed E-state index contributed by atoms with van der Waals surface area (Å²) < 4.78 is 0. The largest absolute Gasteiger partial charge is 0.400 e. The molecule has 2 atom stereocenters. The molecule has 1 aliphatic heterocycles. The van der Waals surface area contributed by atoms with Crippen LogP contribution in [0.3, 0.4) is 0 Å². The van der Waals surface area contributed by atoms with E-state index in [4.69, 9.17) is 5.11 Å². The zero-order valence-electron chi connectivity index (χ0n) is 19.2. The van der Waals surface area contributed by atoms with E-state index >= 15 is 0 Å². The Labute approximate surface area is 181 Å². The molecule has 3 rings (SSSR count). The summed E-state index contributed by atoms with van der Waals surface area (Å²) in [5.74, 6) is 2.53. The molecule has 6 nitrogen and oxygen atoms in total. The second-order valence-electron chi connectivity index (χ2n) is 7.99. The highest BCUT2D eigenvalue weighted by atomic mass is 16.2. The first-order valence-corrected chi connectivity index (χ1v) is 11.2. The number of anilines is 1. The molecule has 0 bridgehead atoms. The Balaban J connectivity index is 0.00000106. The molecule has 0 aromatic carbocycles. The number of hydrogen-bond donors (Lipinski definition) is 2. The van der Waals surface area contributed by atoms with Gasteiger partial charge in [0.05, 0.1) is 5.56 Å². The SMILES string of the molecule is CC.CC(C)CC1C/C1=C\NC(=O)c1ccc(N2CCCC(CC=O)C2)nc1.CO. The molecule has 1 aromatic rings. The van der Waals surface area contributed by atoms with Crippen molar-refractivity contribution in [3.05, 3.63) is 35.7 Å². The van der Waals surface area contributed by atoms with Gasteiger partial charge in [-0.15, -0.1) is 0 Å². The van der Waals surface area contributed by atoms with Gasteiger partial charge in [-0.3, -0.25) is 4.79 Å². The highest BCUT2D eigenvalue weighted by Gasteiger charge is 2.30. The van der Waals surface area contributed by atoms with Crippen LogP contribution in [-0.2, 0) is 4.79 Å². The van der Waals surface area contributed by atoms with Gasteiger partial charge in [0.2, 0.25) is 0 Å². The van der Waals surface area contributed by atoms with Crippen LogP contribution in [0.5, 0.6) is 0 Å². The number of pyridine rings is 1. The summed E-state index contributed by atoms with van der Waals surface area (Å²) in [7, 11) is 1.00. The maximum Gasteiger partial charge on any atom is 0.256 e. The number of carbonyl (C=O) groups excluding carboxylic acids is 2. The van der Waals surface area contributed by atoms with Crippen LogP contribution in [0.1, 0.15) is 70.2 Å². The van der Waals surface area contributed by atoms with Gasteiger partial charge in [0, 0.05) is 39.0 Å². The van der Waals surface area contributed by atoms with E-state index in [0.29, 0.717) is 29.7 Å². The number of carbonyl (C=O) groups is 2. The molecule has 1 saturated carbocycles. The maximum absolute atomic E-state index is 12.3. The van der Waals surface area contributed by atoms with Gasteiger partial charge in [-0.05, 0) is 55.6 Å². The van der Waals surface area contributed by atoms with Crippen molar-refractivity contribution in [2.24, 2.45) is 17.8 Å². The molecule has 6 heteroatoms. The minimum atomic E-state index is -0.107.